The summed E-state index contributed by atoms with van der Waals surface area (Å²) in [7, 11) is 1.57. The smallest absolute Gasteiger partial charge is 0.273 e. The van der Waals surface area contributed by atoms with E-state index in [-0.39, 0.29) is 30.0 Å². The average molecular weight is 400 g/mol. The van der Waals surface area contributed by atoms with Crippen molar-refractivity contribution in [1.82, 2.24) is 20.1 Å². The predicted octanol–water partition coefficient (Wildman–Crippen LogP) is 2.43. The van der Waals surface area contributed by atoms with Crippen LogP contribution >= 0.6 is 0 Å². The zero-order valence-electron chi connectivity index (χ0n) is 17.2. The van der Waals surface area contributed by atoms with E-state index < -0.39 is 0 Å². The van der Waals surface area contributed by atoms with Gasteiger partial charge in [-0.05, 0) is 37.0 Å². The number of carbonyl (C=O) groups excluding carboxylic acids is 1. The summed E-state index contributed by atoms with van der Waals surface area (Å²) in [6.45, 7) is 6.33. The molecule has 0 atom stereocenters. The van der Waals surface area contributed by atoms with Crippen molar-refractivity contribution in [3.05, 3.63) is 34.2 Å². The molecule has 0 spiro atoms. The highest BCUT2D eigenvalue weighted by molar-refractivity contribution is 5.76. The van der Waals surface area contributed by atoms with E-state index in [0.717, 1.165) is 25.9 Å². The van der Waals surface area contributed by atoms with Gasteiger partial charge in [-0.1, -0.05) is 13.8 Å². The van der Waals surface area contributed by atoms with Gasteiger partial charge in [0, 0.05) is 31.5 Å². The number of carbonyl (C=O) groups is 1. The summed E-state index contributed by atoms with van der Waals surface area (Å²) in [5.41, 5.74) is 0.608. The van der Waals surface area contributed by atoms with Crippen molar-refractivity contribution in [2.75, 3.05) is 26.8 Å². The number of amides is 1. The van der Waals surface area contributed by atoms with Crippen molar-refractivity contribution >= 4 is 5.91 Å². The molecule has 1 aromatic carbocycles. The average Bonchev–Trinajstić information content (AvgIpc) is 3.26. The number of benzene rings is 1. The molecule has 0 unspecified atom stereocenters. The van der Waals surface area contributed by atoms with E-state index in [1.807, 2.05) is 4.90 Å². The lowest BCUT2D eigenvalue weighted by molar-refractivity contribution is -0.130. The number of hydrogen-bond donors (Lipinski definition) is 1. The highest BCUT2D eigenvalue weighted by Crippen LogP contribution is 2.31. The minimum Gasteiger partial charge on any atom is -0.493 e. The first-order chi connectivity index (χ1) is 14.0. The number of aromatic nitrogens is 3. The second-order valence-electron chi connectivity index (χ2n) is 7.61. The molecule has 0 aliphatic carbocycles. The van der Waals surface area contributed by atoms with E-state index in [9.17, 15) is 9.59 Å². The lowest BCUT2D eigenvalue weighted by atomic mass is 10.2. The second-order valence-corrected chi connectivity index (χ2v) is 7.61. The summed E-state index contributed by atoms with van der Waals surface area (Å²) in [6, 6.07) is 5.35. The molecule has 8 nitrogen and oxygen atoms in total. The molecule has 2 heterocycles. The first-order valence-corrected chi connectivity index (χ1v) is 10.0. The highest BCUT2D eigenvalue weighted by atomic mass is 16.5. The first-order valence-electron chi connectivity index (χ1n) is 10.0. The third-order valence-corrected chi connectivity index (χ3v) is 4.81. The van der Waals surface area contributed by atoms with E-state index in [4.69, 9.17) is 9.47 Å². The number of aromatic amines is 1. The van der Waals surface area contributed by atoms with Gasteiger partial charge in [0.05, 0.1) is 13.7 Å². The lowest BCUT2D eigenvalue weighted by Crippen LogP contribution is -2.28. The number of methoxy groups -OCH3 is 1. The maximum Gasteiger partial charge on any atom is 0.273 e. The summed E-state index contributed by atoms with van der Waals surface area (Å²) in [5.74, 6) is 2.00. The largest absolute Gasteiger partial charge is 0.493 e. The molecule has 1 aromatic heterocycles. The Morgan fingerprint density at radius 2 is 1.97 bits per heavy atom. The minimum absolute atomic E-state index is 0.0644. The maximum atomic E-state index is 12.4. The van der Waals surface area contributed by atoms with E-state index >= 15 is 0 Å². The summed E-state index contributed by atoms with van der Waals surface area (Å²) < 4.78 is 11.2. The van der Waals surface area contributed by atoms with Gasteiger partial charge in [-0.2, -0.15) is 0 Å². The van der Waals surface area contributed by atoms with Gasteiger partial charge < -0.3 is 19.4 Å². The van der Waals surface area contributed by atoms with Crippen LogP contribution in [0, 0.1) is 5.92 Å². The van der Waals surface area contributed by atoms with Crippen molar-refractivity contribution in [3.63, 3.8) is 0 Å². The van der Waals surface area contributed by atoms with E-state index in [0.29, 0.717) is 35.4 Å². The van der Waals surface area contributed by atoms with Crippen LogP contribution in [0.3, 0.4) is 0 Å². The topological polar surface area (TPSA) is 97.4 Å². The summed E-state index contributed by atoms with van der Waals surface area (Å²) in [6.07, 6.45) is 2.65. The van der Waals surface area contributed by atoms with Crippen molar-refractivity contribution in [1.29, 1.82) is 0 Å². The molecule has 1 fully saturated rings. The fraction of sp³-hybridized carbons (Fsp3) is 0.524. The molecular formula is C21H28N4O4. The Morgan fingerprint density at radius 3 is 2.62 bits per heavy atom. The Kier molecular flexibility index (Phi) is 6.85. The Bertz CT molecular complexity index is 904. The van der Waals surface area contributed by atoms with Crippen LogP contribution < -0.4 is 15.0 Å². The molecule has 1 aliphatic rings. The molecule has 0 bridgehead atoms. The van der Waals surface area contributed by atoms with Gasteiger partial charge in [0.1, 0.15) is 5.69 Å². The van der Waals surface area contributed by atoms with Crippen molar-refractivity contribution in [3.8, 4) is 22.9 Å². The molecule has 2 aromatic rings. The van der Waals surface area contributed by atoms with Crippen LogP contribution in [0.4, 0.5) is 0 Å². The van der Waals surface area contributed by atoms with Crippen LogP contribution in [0.25, 0.3) is 11.4 Å². The zero-order chi connectivity index (χ0) is 20.8. The van der Waals surface area contributed by atoms with E-state index in [2.05, 4.69) is 29.0 Å². The number of hydrogen-bond acceptors (Lipinski definition) is 6. The van der Waals surface area contributed by atoms with Gasteiger partial charge in [0.25, 0.3) is 5.56 Å². The van der Waals surface area contributed by atoms with Crippen LogP contribution in [-0.4, -0.2) is 52.8 Å². The lowest BCUT2D eigenvalue weighted by Gasteiger charge is -2.14. The maximum absolute atomic E-state index is 12.4. The van der Waals surface area contributed by atoms with Crippen molar-refractivity contribution in [2.45, 2.75) is 39.5 Å². The fourth-order valence-electron chi connectivity index (χ4n) is 3.19. The Labute approximate surface area is 170 Å². The van der Waals surface area contributed by atoms with Gasteiger partial charge in [-0.25, -0.2) is 0 Å². The summed E-state index contributed by atoms with van der Waals surface area (Å²) >= 11 is 0. The SMILES string of the molecule is COc1cc(-c2nnc(CCC(=O)N3CCCC3)c(=O)[nH]2)ccc1OCC(C)C. The molecule has 29 heavy (non-hydrogen) atoms. The molecule has 0 radical (unpaired) electrons. The number of likely N-dealkylation sites (tertiary alicyclic amines) is 1. The predicted molar refractivity (Wildman–Crippen MR) is 109 cm³/mol. The normalized spacial score (nSPS) is 13.7. The van der Waals surface area contributed by atoms with Gasteiger partial charge in [-0.3, -0.25) is 9.59 Å². The Balaban J connectivity index is 1.70. The molecule has 1 saturated heterocycles. The Hall–Kier alpha value is -2.90. The number of aryl methyl sites for hydroxylation is 1. The zero-order valence-corrected chi connectivity index (χ0v) is 17.2. The number of nitrogens with one attached hydrogen (secondary N) is 1. The Morgan fingerprint density at radius 1 is 1.21 bits per heavy atom. The highest BCUT2D eigenvalue weighted by Gasteiger charge is 2.18. The monoisotopic (exact) mass is 400 g/mol. The van der Waals surface area contributed by atoms with Crippen LogP contribution in [0.5, 0.6) is 11.5 Å². The van der Waals surface area contributed by atoms with Crippen LogP contribution in [0.2, 0.25) is 0 Å². The molecular weight excluding hydrogens is 372 g/mol. The van der Waals surface area contributed by atoms with Gasteiger partial charge in [0.15, 0.2) is 17.3 Å². The minimum atomic E-state index is -0.330. The van der Waals surface area contributed by atoms with Crippen LogP contribution in [0.15, 0.2) is 23.0 Å². The van der Waals surface area contributed by atoms with Crippen LogP contribution in [-0.2, 0) is 11.2 Å². The molecule has 0 saturated carbocycles. The van der Waals surface area contributed by atoms with Crippen molar-refractivity contribution < 1.29 is 14.3 Å². The molecule has 8 heteroatoms. The fourth-order valence-corrected chi connectivity index (χ4v) is 3.19. The van der Waals surface area contributed by atoms with Gasteiger partial charge in [-0.15, -0.1) is 10.2 Å². The molecule has 1 aliphatic heterocycles. The number of H-pyrrole nitrogens is 1. The molecule has 1 amide bonds. The van der Waals surface area contributed by atoms with Crippen LogP contribution in [0.1, 0.15) is 38.8 Å². The number of ether oxygens (including phenoxy) is 2. The van der Waals surface area contributed by atoms with Gasteiger partial charge >= 0.3 is 0 Å². The van der Waals surface area contributed by atoms with Gasteiger partial charge in [0.2, 0.25) is 5.91 Å². The first kappa shape index (κ1) is 20.8. The summed E-state index contributed by atoms with van der Waals surface area (Å²) in [4.78, 5) is 29.2. The molecule has 1 N–H and O–H groups in total. The standard InChI is InChI=1S/C21H28N4O4/c1-14(2)13-29-17-8-6-15(12-18(17)28-3)20-22-21(27)16(23-24-20)7-9-19(26)25-10-4-5-11-25/h6,8,12,14H,4-5,7,9-11,13H2,1-3H3,(H,22,24,27). The third kappa shape index (κ3) is 5.34. The molecule has 3 rings (SSSR count). The summed E-state index contributed by atoms with van der Waals surface area (Å²) in [5, 5.41) is 8.19. The number of rotatable bonds is 8. The molecule has 156 valence electrons. The quantitative estimate of drug-likeness (QED) is 0.731. The number of nitrogens with zero attached hydrogens (tertiary/aromatic N) is 3. The van der Waals surface area contributed by atoms with Crippen molar-refractivity contribution in [2.24, 2.45) is 5.92 Å². The third-order valence-electron chi connectivity index (χ3n) is 4.81. The van der Waals surface area contributed by atoms with E-state index in [1.165, 1.54) is 0 Å². The second kappa shape index (κ2) is 9.54. The van der Waals surface area contributed by atoms with E-state index in [1.54, 1.807) is 25.3 Å².